The first-order valence-corrected chi connectivity index (χ1v) is 22.8. The van der Waals surface area contributed by atoms with Gasteiger partial charge in [0.15, 0.2) is 0 Å². The maximum Gasteiger partial charge on any atom is 0.338 e. The van der Waals surface area contributed by atoms with Gasteiger partial charge in [-0.2, -0.15) is 0 Å². The van der Waals surface area contributed by atoms with Crippen molar-refractivity contribution in [3.05, 3.63) is 142 Å². The van der Waals surface area contributed by atoms with Crippen LogP contribution >= 0.6 is 0 Å². The van der Waals surface area contributed by atoms with Crippen LogP contribution in [0, 0.1) is 0 Å². The van der Waals surface area contributed by atoms with Crippen molar-refractivity contribution < 1.29 is 102 Å². The van der Waals surface area contributed by atoms with Crippen molar-refractivity contribution in [2.24, 2.45) is 0 Å². The van der Waals surface area contributed by atoms with Crippen LogP contribution in [0.4, 0.5) is 0 Å². The molecule has 5 atom stereocenters. The molecule has 0 aliphatic carbocycles. The number of benzene rings is 4. The summed E-state index contributed by atoms with van der Waals surface area (Å²) in [6.45, 7) is 8.91. The summed E-state index contributed by atoms with van der Waals surface area (Å²) < 4.78 is 39.6. The lowest BCUT2D eigenvalue weighted by Gasteiger charge is -2.14. The summed E-state index contributed by atoms with van der Waals surface area (Å²) in [5, 5.41) is 44.9. The standard InChI is InChI=1S/C25H28O10.C14H18O6.C13H16O5.CH4/c1-15(26)12-32-22(28)18-4-6-20(7-5-18)24(30)34-14-17(3)35-25(31)21-10-8-19(9-11-21)23(29)33-13-16(2)27;1-9(15)7-19-13(17)11-3-5-12(6-4-11)14(18)20-8-10(2)16;1-2-8-17-12(15)10-3-5-11(6-4-10)13(16)18-9-7-14;/h4-11,15-17,26-27H,12-14H2,1-3H3;3-6,9-10,15-16H,7-8H2,1-2H3;3-6,14H,2,7-9H2,1H3;1H4. The second-order valence-corrected chi connectivity index (χ2v) is 15.9. The van der Waals surface area contributed by atoms with Crippen LogP contribution in [0.5, 0.6) is 0 Å². The largest absolute Gasteiger partial charge is 0.462 e. The molecule has 0 aromatic heterocycles. The summed E-state index contributed by atoms with van der Waals surface area (Å²) in [5.74, 6) is -4.68. The number of aliphatic hydroxyl groups is 5. The fourth-order valence-corrected chi connectivity index (χ4v) is 5.15. The van der Waals surface area contributed by atoms with E-state index in [4.69, 9.17) is 63.4 Å². The van der Waals surface area contributed by atoms with E-state index in [1.807, 2.05) is 6.92 Å². The molecule has 0 saturated heterocycles. The van der Waals surface area contributed by atoms with Gasteiger partial charge in [-0.05, 0) is 138 Å². The quantitative estimate of drug-likeness (QED) is 0.0484. The molecule has 21 nitrogen and oxygen atoms in total. The third kappa shape index (κ3) is 25.2. The van der Waals surface area contributed by atoms with Crippen molar-refractivity contribution in [3.63, 3.8) is 0 Å². The topological polar surface area (TPSA) is 312 Å². The molecule has 0 spiro atoms. The van der Waals surface area contributed by atoms with Crippen molar-refractivity contribution in [3.8, 4) is 0 Å². The van der Waals surface area contributed by atoms with Crippen LogP contribution in [0.25, 0.3) is 0 Å². The molecule has 4 aromatic rings. The van der Waals surface area contributed by atoms with E-state index in [2.05, 4.69) is 0 Å². The number of aliphatic hydroxyl groups excluding tert-OH is 5. The van der Waals surface area contributed by atoms with Crippen LogP contribution in [-0.2, 0) is 37.9 Å². The molecule has 74 heavy (non-hydrogen) atoms. The highest BCUT2D eigenvalue weighted by molar-refractivity contribution is 5.96. The zero-order valence-corrected chi connectivity index (χ0v) is 41.3. The summed E-state index contributed by atoms with van der Waals surface area (Å²) >= 11 is 0. The molecule has 0 amide bonds. The Hall–Kier alpha value is -7.56. The van der Waals surface area contributed by atoms with Gasteiger partial charge in [0, 0.05) is 0 Å². The molecule has 404 valence electrons. The first kappa shape index (κ1) is 64.5. The third-order valence-corrected chi connectivity index (χ3v) is 8.77. The molecule has 0 fully saturated rings. The number of carbonyl (C=O) groups is 8. The normalized spacial score (nSPS) is 12.3. The average molecular weight is 1040 g/mol. The molecule has 0 saturated carbocycles. The highest BCUT2D eigenvalue weighted by atomic mass is 16.6. The molecule has 0 radical (unpaired) electrons. The number of esters is 8. The van der Waals surface area contributed by atoms with Crippen LogP contribution in [-0.4, -0.2) is 157 Å². The SMILES string of the molecule is C.CC(O)COC(=O)c1ccc(C(=O)OCC(C)O)cc1.CC(O)COC(=O)c1ccc(C(=O)OCC(C)OC(=O)c2ccc(C(=O)OCC(C)O)cc2)cc1.CCCOC(=O)c1ccc(C(=O)OCCO)cc1. The van der Waals surface area contributed by atoms with E-state index < -0.39 is 78.3 Å². The summed E-state index contributed by atoms with van der Waals surface area (Å²) in [7, 11) is 0. The Morgan fingerprint density at radius 1 is 0.351 bits per heavy atom. The minimum atomic E-state index is -0.784. The van der Waals surface area contributed by atoms with Crippen molar-refractivity contribution in [2.45, 2.75) is 85.9 Å². The van der Waals surface area contributed by atoms with E-state index in [1.165, 1.54) is 125 Å². The molecule has 0 heterocycles. The number of ether oxygens (including phenoxy) is 8. The van der Waals surface area contributed by atoms with E-state index >= 15 is 0 Å². The molecular weight excluding hydrogens is 973 g/mol. The highest BCUT2D eigenvalue weighted by Crippen LogP contribution is 2.13. The van der Waals surface area contributed by atoms with E-state index in [0.717, 1.165) is 6.42 Å². The number of carbonyl (C=O) groups excluding carboxylic acids is 8. The molecule has 4 aromatic carbocycles. The smallest absolute Gasteiger partial charge is 0.338 e. The van der Waals surface area contributed by atoms with Crippen molar-refractivity contribution in [1.29, 1.82) is 0 Å². The lowest BCUT2D eigenvalue weighted by atomic mass is 10.1. The fraction of sp³-hybridized carbons (Fsp3) is 0.396. The first-order chi connectivity index (χ1) is 34.6. The zero-order chi connectivity index (χ0) is 54.5. The van der Waals surface area contributed by atoms with Crippen molar-refractivity contribution in [2.75, 3.05) is 52.9 Å². The molecule has 21 heteroatoms. The Morgan fingerprint density at radius 3 is 0.770 bits per heavy atom. The Kier molecular flexibility index (Phi) is 30.3. The van der Waals surface area contributed by atoms with Crippen LogP contribution in [0.2, 0.25) is 0 Å². The van der Waals surface area contributed by atoms with Gasteiger partial charge in [0.25, 0.3) is 0 Å². The molecule has 0 bridgehead atoms. The maximum absolute atomic E-state index is 12.3. The number of hydrogen-bond donors (Lipinski definition) is 5. The Labute approximate surface area is 428 Å². The molecule has 5 unspecified atom stereocenters. The van der Waals surface area contributed by atoms with Gasteiger partial charge in [-0.25, -0.2) is 38.4 Å². The predicted octanol–water partition coefficient (Wildman–Crippen LogP) is 4.96. The summed E-state index contributed by atoms with van der Waals surface area (Å²) in [6.07, 6.45) is -3.02. The third-order valence-electron chi connectivity index (χ3n) is 8.77. The van der Waals surface area contributed by atoms with Crippen molar-refractivity contribution in [1.82, 2.24) is 0 Å². The molecule has 0 aliphatic rings. The summed E-state index contributed by atoms with van der Waals surface area (Å²) in [6, 6.07) is 22.9. The monoisotopic (exact) mass is 1040 g/mol. The minimum absolute atomic E-state index is 0. The van der Waals surface area contributed by atoms with Gasteiger partial charge in [-0.1, -0.05) is 14.4 Å². The van der Waals surface area contributed by atoms with Crippen molar-refractivity contribution >= 4 is 47.8 Å². The van der Waals surface area contributed by atoms with Gasteiger partial charge in [0.1, 0.15) is 45.7 Å². The predicted molar refractivity (Wildman–Crippen MR) is 263 cm³/mol. The molecular formula is C53H66O21. The van der Waals surface area contributed by atoms with E-state index in [-0.39, 0.29) is 87.1 Å². The van der Waals surface area contributed by atoms with E-state index in [0.29, 0.717) is 17.7 Å². The van der Waals surface area contributed by atoms with Gasteiger partial charge in [0.2, 0.25) is 0 Å². The van der Waals surface area contributed by atoms with Gasteiger partial charge in [-0.15, -0.1) is 0 Å². The second kappa shape index (κ2) is 34.7. The summed E-state index contributed by atoms with van der Waals surface area (Å²) in [5.41, 5.74) is 2.08. The lowest BCUT2D eigenvalue weighted by molar-refractivity contribution is 0.00446. The molecule has 4 rings (SSSR count). The second-order valence-electron chi connectivity index (χ2n) is 15.9. The van der Waals surface area contributed by atoms with Crippen LogP contribution in [0.1, 0.15) is 138 Å². The fourth-order valence-electron chi connectivity index (χ4n) is 5.15. The Balaban J connectivity index is 0.000000598. The number of hydrogen-bond acceptors (Lipinski definition) is 21. The van der Waals surface area contributed by atoms with E-state index in [9.17, 15) is 38.4 Å². The molecule has 5 N–H and O–H groups in total. The Morgan fingerprint density at radius 2 is 0.554 bits per heavy atom. The van der Waals surface area contributed by atoms with Gasteiger partial charge in [0.05, 0.1) is 82.1 Å². The minimum Gasteiger partial charge on any atom is -0.462 e. The highest BCUT2D eigenvalue weighted by Gasteiger charge is 2.18. The average Bonchev–Trinajstić information content (AvgIpc) is 3.38. The summed E-state index contributed by atoms with van der Waals surface area (Å²) in [4.78, 5) is 94.2. The van der Waals surface area contributed by atoms with Gasteiger partial charge >= 0.3 is 47.8 Å². The van der Waals surface area contributed by atoms with E-state index in [1.54, 1.807) is 6.92 Å². The van der Waals surface area contributed by atoms with Crippen LogP contribution in [0.15, 0.2) is 97.1 Å². The first-order valence-electron chi connectivity index (χ1n) is 22.8. The Bertz CT molecular complexity index is 2270. The van der Waals surface area contributed by atoms with Gasteiger partial charge in [-0.3, -0.25) is 0 Å². The zero-order valence-electron chi connectivity index (χ0n) is 41.3. The van der Waals surface area contributed by atoms with Crippen LogP contribution < -0.4 is 0 Å². The van der Waals surface area contributed by atoms with Crippen LogP contribution in [0.3, 0.4) is 0 Å². The lowest BCUT2D eigenvalue weighted by Crippen LogP contribution is -2.22. The van der Waals surface area contributed by atoms with Gasteiger partial charge < -0.3 is 63.4 Å². The molecule has 0 aliphatic heterocycles. The number of rotatable bonds is 23. The maximum atomic E-state index is 12.3.